The molecule has 0 amide bonds. The highest BCUT2D eigenvalue weighted by Crippen LogP contribution is 2.26. The highest BCUT2D eigenvalue weighted by molar-refractivity contribution is 5.42. The molecule has 1 heterocycles. The van der Waals surface area contributed by atoms with E-state index in [9.17, 15) is 5.11 Å². The molecule has 82 valence electrons. The van der Waals surface area contributed by atoms with Crippen LogP contribution < -0.4 is 4.74 Å². The van der Waals surface area contributed by atoms with Crippen molar-refractivity contribution in [1.82, 2.24) is 0 Å². The summed E-state index contributed by atoms with van der Waals surface area (Å²) in [6.07, 6.45) is 1.07. The van der Waals surface area contributed by atoms with Crippen LogP contribution >= 0.6 is 0 Å². The number of hydrogen-bond donors (Lipinski definition) is 1. The quantitative estimate of drug-likeness (QED) is 0.826. The lowest BCUT2D eigenvalue weighted by Gasteiger charge is -2.12. The zero-order chi connectivity index (χ0) is 10.7. The van der Waals surface area contributed by atoms with Crippen LogP contribution in [-0.4, -0.2) is 24.9 Å². The van der Waals surface area contributed by atoms with Gasteiger partial charge < -0.3 is 14.6 Å². The van der Waals surface area contributed by atoms with Crippen molar-refractivity contribution in [3.63, 3.8) is 0 Å². The van der Waals surface area contributed by atoms with E-state index in [1.165, 1.54) is 0 Å². The van der Waals surface area contributed by atoms with E-state index in [2.05, 4.69) is 0 Å². The molecule has 1 aromatic rings. The first-order valence-corrected chi connectivity index (χ1v) is 5.26. The molecule has 1 atom stereocenters. The van der Waals surface area contributed by atoms with E-state index in [-0.39, 0.29) is 5.75 Å². The number of benzene rings is 1. The van der Waals surface area contributed by atoms with Gasteiger partial charge in [-0.05, 0) is 25.5 Å². The fourth-order valence-corrected chi connectivity index (χ4v) is 1.68. The number of rotatable bonds is 3. The van der Waals surface area contributed by atoms with Gasteiger partial charge in [-0.3, -0.25) is 0 Å². The second-order valence-electron chi connectivity index (χ2n) is 3.94. The normalized spacial score (nSPS) is 20.5. The molecule has 15 heavy (non-hydrogen) atoms. The molecule has 1 aromatic carbocycles. The van der Waals surface area contributed by atoms with Gasteiger partial charge in [-0.15, -0.1) is 0 Å². The molecular weight excluding hydrogens is 192 g/mol. The summed E-state index contributed by atoms with van der Waals surface area (Å²) in [6.45, 7) is 4.16. The third-order valence-electron chi connectivity index (χ3n) is 2.75. The molecule has 1 unspecified atom stereocenters. The van der Waals surface area contributed by atoms with Gasteiger partial charge in [0.15, 0.2) is 0 Å². The lowest BCUT2D eigenvalue weighted by Crippen LogP contribution is -2.12. The zero-order valence-corrected chi connectivity index (χ0v) is 8.90. The van der Waals surface area contributed by atoms with Crippen LogP contribution in [0.5, 0.6) is 11.5 Å². The maximum atomic E-state index is 9.49. The Hall–Kier alpha value is -1.22. The van der Waals surface area contributed by atoms with Gasteiger partial charge >= 0.3 is 0 Å². The van der Waals surface area contributed by atoms with E-state index >= 15 is 0 Å². The summed E-state index contributed by atoms with van der Waals surface area (Å²) in [4.78, 5) is 0. The molecule has 3 nitrogen and oxygen atoms in total. The Bertz CT molecular complexity index is 330. The summed E-state index contributed by atoms with van der Waals surface area (Å²) in [5, 5.41) is 9.49. The third kappa shape index (κ3) is 2.42. The molecule has 0 saturated carbocycles. The number of phenolic OH excluding ortho intramolecular Hbond substituents is 1. The molecule has 1 N–H and O–H groups in total. The van der Waals surface area contributed by atoms with Crippen molar-refractivity contribution in [3.8, 4) is 11.5 Å². The Morgan fingerprint density at radius 3 is 3.13 bits per heavy atom. The van der Waals surface area contributed by atoms with Crippen LogP contribution in [0.1, 0.15) is 12.0 Å². The molecule has 1 aliphatic heterocycles. The van der Waals surface area contributed by atoms with E-state index in [0.29, 0.717) is 12.5 Å². The second kappa shape index (κ2) is 4.53. The van der Waals surface area contributed by atoms with Gasteiger partial charge in [-0.2, -0.15) is 0 Å². The van der Waals surface area contributed by atoms with Crippen molar-refractivity contribution < 1.29 is 14.6 Å². The van der Waals surface area contributed by atoms with Gasteiger partial charge in [0.1, 0.15) is 11.5 Å². The van der Waals surface area contributed by atoms with E-state index in [0.717, 1.165) is 30.9 Å². The van der Waals surface area contributed by atoms with Gasteiger partial charge in [-0.25, -0.2) is 0 Å². The highest BCUT2D eigenvalue weighted by Gasteiger charge is 2.16. The summed E-state index contributed by atoms with van der Waals surface area (Å²) >= 11 is 0. The van der Waals surface area contributed by atoms with Crippen molar-refractivity contribution in [2.24, 2.45) is 5.92 Å². The van der Waals surface area contributed by atoms with Crippen LogP contribution in [0, 0.1) is 12.8 Å². The molecule has 1 saturated heterocycles. The lowest BCUT2D eigenvalue weighted by molar-refractivity contribution is 0.166. The Labute approximate surface area is 89.6 Å². The average Bonchev–Trinajstić information content (AvgIpc) is 2.73. The molecule has 2 rings (SSSR count). The highest BCUT2D eigenvalue weighted by atomic mass is 16.5. The Balaban J connectivity index is 1.95. The molecule has 0 aromatic heterocycles. The van der Waals surface area contributed by atoms with Crippen LogP contribution in [0.15, 0.2) is 18.2 Å². The standard InChI is InChI=1S/C12H16O3/c1-9-11(13)3-2-4-12(9)15-8-10-5-6-14-7-10/h2-4,10,13H,5-8H2,1H3. The fourth-order valence-electron chi connectivity index (χ4n) is 1.68. The van der Waals surface area contributed by atoms with Gasteiger partial charge in [0, 0.05) is 18.1 Å². The SMILES string of the molecule is Cc1c(O)cccc1OCC1CCOC1. The minimum Gasteiger partial charge on any atom is -0.508 e. The minimum atomic E-state index is 0.287. The topological polar surface area (TPSA) is 38.7 Å². The monoisotopic (exact) mass is 208 g/mol. The van der Waals surface area contributed by atoms with Gasteiger partial charge in [0.2, 0.25) is 0 Å². The summed E-state index contributed by atoms with van der Waals surface area (Å²) < 4.78 is 10.9. The third-order valence-corrected chi connectivity index (χ3v) is 2.75. The Kier molecular flexibility index (Phi) is 3.11. The fraction of sp³-hybridized carbons (Fsp3) is 0.500. The van der Waals surface area contributed by atoms with Gasteiger partial charge in [0.05, 0.1) is 13.2 Å². The van der Waals surface area contributed by atoms with E-state index in [1.807, 2.05) is 13.0 Å². The van der Waals surface area contributed by atoms with Crippen LogP contribution in [0.3, 0.4) is 0 Å². The summed E-state index contributed by atoms with van der Waals surface area (Å²) in [5.74, 6) is 1.55. The summed E-state index contributed by atoms with van der Waals surface area (Å²) in [7, 11) is 0. The van der Waals surface area contributed by atoms with Crippen molar-refractivity contribution in [3.05, 3.63) is 23.8 Å². The predicted molar refractivity (Wildman–Crippen MR) is 57.3 cm³/mol. The zero-order valence-electron chi connectivity index (χ0n) is 8.90. The van der Waals surface area contributed by atoms with Crippen molar-refractivity contribution >= 4 is 0 Å². The first-order chi connectivity index (χ1) is 7.27. The first kappa shape index (κ1) is 10.3. The van der Waals surface area contributed by atoms with E-state index in [1.54, 1.807) is 12.1 Å². The van der Waals surface area contributed by atoms with E-state index in [4.69, 9.17) is 9.47 Å². The molecular formula is C12H16O3. The summed E-state index contributed by atoms with van der Waals surface area (Å²) in [5.41, 5.74) is 0.802. The second-order valence-corrected chi connectivity index (χ2v) is 3.94. The lowest BCUT2D eigenvalue weighted by atomic mass is 10.1. The average molecular weight is 208 g/mol. The van der Waals surface area contributed by atoms with Crippen molar-refractivity contribution in [2.75, 3.05) is 19.8 Å². The minimum absolute atomic E-state index is 0.287. The van der Waals surface area contributed by atoms with E-state index < -0.39 is 0 Å². The Morgan fingerprint density at radius 1 is 1.53 bits per heavy atom. The number of aromatic hydroxyl groups is 1. The number of phenols is 1. The molecule has 0 bridgehead atoms. The molecule has 0 radical (unpaired) electrons. The van der Waals surface area contributed by atoms with Crippen LogP contribution in [0.25, 0.3) is 0 Å². The maximum absolute atomic E-state index is 9.49. The van der Waals surface area contributed by atoms with Crippen LogP contribution in [0.4, 0.5) is 0 Å². The van der Waals surface area contributed by atoms with Crippen molar-refractivity contribution in [2.45, 2.75) is 13.3 Å². The summed E-state index contributed by atoms with van der Waals surface area (Å²) in [6, 6.07) is 5.34. The molecule has 1 aliphatic rings. The smallest absolute Gasteiger partial charge is 0.125 e. The number of ether oxygens (including phenoxy) is 2. The largest absolute Gasteiger partial charge is 0.508 e. The number of hydrogen-bond acceptors (Lipinski definition) is 3. The molecule has 3 heteroatoms. The molecule has 0 spiro atoms. The Morgan fingerprint density at radius 2 is 2.40 bits per heavy atom. The maximum Gasteiger partial charge on any atom is 0.125 e. The van der Waals surface area contributed by atoms with Crippen LogP contribution in [-0.2, 0) is 4.74 Å². The van der Waals surface area contributed by atoms with Crippen molar-refractivity contribution in [1.29, 1.82) is 0 Å². The molecule has 0 aliphatic carbocycles. The van der Waals surface area contributed by atoms with Gasteiger partial charge in [0.25, 0.3) is 0 Å². The predicted octanol–water partition coefficient (Wildman–Crippen LogP) is 2.12. The first-order valence-electron chi connectivity index (χ1n) is 5.26. The van der Waals surface area contributed by atoms with Gasteiger partial charge in [-0.1, -0.05) is 6.07 Å². The van der Waals surface area contributed by atoms with Crippen LogP contribution in [0.2, 0.25) is 0 Å². The molecule has 1 fully saturated rings.